The molecular formula is C14H16N6O2. The second kappa shape index (κ2) is 5.55. The lowest BCUT2D eigenvalue weighted by atomic mass is 10.1. The first-order valence-corrected chi connectivity index (χ1v) is 6.92. The van der Waals surface area contributed by atoms with Crippen molar-refractivity contribution in [2.24, 2.45) is 0 Å². The van der Waals surface area contributed by atoms with Gasteiger partial charge in [0.25, 0.3) is 11.5 Å². The van der Waals surface area contributed by atoms with Gasteiger partial charge in [-0.25, -0.2) is 4.98 Å². The van der Waals surface area contributed by atoms with Crippen molar-refractivity contribution in [1.82, 2.24) is 25.1 Å². The molecule has 0 fully saturated rings. The fraction of sp³-hybridized carbons (Fsp3) is 0.357. The predicted octanol–water partition coefficient (Wildman–Crippen LogP) is -0.176. The van der Waals surface area contributed by atoms with E-state index in [1.165, 1.54) is 11.2 Å². The average Bonchev–Trinajstić information content (AvgIpc) is 2.54. The summed E-state index contributed by atoms with van der Waals surface area (Å²) in [5.74, 6) is 0.485. The van der Waals surface area contributed by atoms with E-state index >= 15 is 0 Å². The molecule has 1 aliphatic rings. The molecule has 1 N–H and O–H groups in total. The molecule has 3 heterocycles. The van der Waals surface area contributed by atoms with E-state index in [0.29, 0.717) is 31.0 Å². The lowest BCUT2D eigenvalue weighted by Crippen LogP contribution is -2.35. The molecule has 8 heteroatoms. The molecule has 3 rings (SSSR count). The van der Waals surface area contributed by atoms with Gasteiger partial charge >= 0.3 is 0 Å². The van der Waals surface area contributed by atoms with Gasteiger partial charge in [0.15, 0.2) is 11.5 Å². The molecule has 8 nitrogen and oxygen atoms in total. The lowest BCUT2D eigenvalue weighted by Gasteiger charge is -2.27. The van der Waals surface area contributed by atoms with Crippen LogP contribution in [0.1, 0.15) is 21.7 Å². The van der Waals surface area contributed by atoms with E-state index in [4.69, 9.17) is 0 Å². The van der Waals surface area contributed by atoms with Gasteiger partial charge in [0.1, 0.15) is 0 Å². The predicted molar refractivity (Wildman–Crippen MR) is 79.7 cm³/mol. The fourth-order valence-corrected chi connectivity index (χ4v) is 2.40. The second-order valence-electron chi connectivity index (χ2n) is 5.30. The van der Waals surface area contributed by atoms with Gasteiger partial charge in [-0.15, -0.1) is 10.2 Å². The molecule has 0 unspecified atom stereocenters. The first-order valence-electron chi connectivity index (χ1n) is 6.92. The smallest absolute Gasteiger partial charge is 0.273 e. The van der Waals surface area contributed by atoms with Gasteiger partial charge in [0, 0.05) is 26.2 Å². The molecule has 2 aromatic heterocycles. The van der Waals surface area contributed by atoms with Crippen LogP contribution in [0.2, 0.25) is 0 Å². The minimum absolute atomic E-state index is 0.0809. The van der Waals surface area contributed by atoms with Crippen molar-refractivity contribution in [1.29, 1.82) is 0 Å². The molecule has 1 amide bonds. The van der Waals surface area contributed by atoms with Crippen LogP contribution in [0.3, 0.4) is 0 Å². The van der Waals surface area contributed by atoms with Crippen molar-refractivity contribution < 1.29 is 4.79 Å². The molecular weight excluding hydrogens is 284 g/mol. The number of aromatic amines is 1. The second-order valence-corrected chi connectivity index (χ2v) is 5.30. The van der Waals surface area contributed by atoms with Gasteiger partial charge in [-0.3, -0.25) is 9.59 Å². The number of hydrogen-bond acceptors (Lipinski definition) is 6. The van der Waals surface area contributed by atoms with Crippen molar-refractivity contribution in [2.75, 3.05) is 25.5 Å². The molecule has 0 bridgehead atoms. The quantitative estimate of drug-likeness (QED) is 0.827. The Kier molecular flexibility index (Phi) is 3.58. The Hall–Kier alpha value is -2.77. The van der Waals surface area contributed by atoms with E-state index < -0.39 is 0 Å². The molecule has 0 saturated heterocycles. The van der Waals surface area contributed by atoms with Crippen molar-refractivity contribution in [3.63, 3.8) is 0 Å². The van der Waals surface area contributed by atoms with Crippen LogP contribution in [-0.2, 0) is 13.0 Å². The molecule has 0 atom stereocenters. The largest absolute Gasteiger partial charge is 0.349 e. The van der Waals surface area contributed by atoms with E-state index in [-0.39, 0.29) is 11.5 Å². The van der Waals surface area contributed by atoms with Crippen molar-refractivity contribution >= 4 is 11.7 Å². The van der Waals surface area contributed by atoms with Gasteiger partial charge in [-0.05, 0) is 18.6 Å². The summed E-state index contributed by atoms with van der Waals surface area (Å²) in [6.07, 6.45) is 2.02. The molecule has 1 aliphatic heterocycles. The van der Waals surface area contributed by atoms with E-state index in [2.05, 4.69) is 20.2 Å². The summed E-state index contributed by atoms with van der Waals surface area (Å²) < 4.78 is 0. The number of H-pyrrole nitrogens is 1. The summed E-state index contributed by atoms with van der Waals surface area (Å²) in [5.41, 5.74) is 1.71. The van der Waals surface area contributed by atoms with Crippen molar-refractivity contribution in [3.05, 3.63) is 45.8 Å². The maximum Gasteiger partial charge on any atom is 0.273 e. The molecule has 0 saturated carbocycles. The molecule has 2 aromatic rings. The standard InChI is InChI=1S/C14H16N6O2/c1-19(2)14(22)10-3-4-12(18-17-10)20-6-5-9-11(7-20)15-8-16-13(9)21/h3-4,8H,5-7H2,1-2H3,(H,15,16,21). The van der Waals surface area contributed by atoms with Crippen LogP contribution in [0, 0.1) is 0 Å². The number of amides is 1. The van der Waals surface area contributed by atoms with Crippen LogP contribution in [0.5, 0.6) is 0 Å². The number of fused-ring (bicyclic) bond motifs is 1. The summed E-state index contributed by atoms with van der Waals surface area (Å²) in [7, 11) is 3.34. The summed E-state index contributed by atoms with van der Waals surface area (Å²) in [5, 5.41) is 8.09. The van der Waals surface area contributed by atoms with Crippen LogP contribution in [0.4, 0.5) is 5.82 Å². The molecule has 114 valence electrons. The highest BCUT2D eigenvalue weighted by molar-refractivity contribution is 5.91. The third-order valence-corrected chi connectivity index (χ3v) is 3.61. The molecule has 0 aromatic carbocycles. The van der Waals surface area contributed by atoms with Crippen LogP contribution < -0.4 is 10.5 Å². The average molecular weight is 300 g/mol. The Balaban J connectivity index is 1.81. The maximum absolute atomic E-state index is 11.8. The third kappa shape index (κ3) is 2.54. The van der Waals surface area contributed by atoms with Gasteiger partial charge in [-0.1, -0.05) is 0 Å². The monoisotopic (exact) mass is 300 g/mol. The maximum atomic E-state index is 11.8. The van der Waals surface area contributed by atoms with Gasteiger partial charge < -0.3 is 14.8 Å². The van der Waals surface area contributed by atoms with Gasteiger partial charge in [-0.2, -0.15) is 0 Å². The number of hydrogen-bond donors (Lipinski definition) is 1. The summed E-state index contributed by atoms with van der Waals surface area (Å²) in [6, 6.07) is 3.42. The molecule has 22 heavy (non-hydrogen) atoms. The van der Waals surface area contributed by atoms with Gasteiger partial charge in [0.05, 0.1) is 18.6 Å². The SMILES string of the molecule is CN(C)C(=O)c1ccc(N2CCc3c(nc[nH]c3=O)C2)nn1. The Bertz CT molecular complexity index is 753. The third-order valence-electron chi connectivity index (χ3n) is 3.61. The zero-order chi connectivity index (χ0) is 15.7. The van der Waals surface area contributed by atoms with E-state index in [1.54, 1.807) is 26.2 Å². The first-order chi connectivity index (χ1) is 10.6. The van der Waals surface area contributed by atoms with Gasteiger partial charge in [0.2, 0.25) is 0 Å². The molecule has 0 aliphatic carbocycles. The van der Waals surface area contributed by atoms with E-state index in [1.807, 2.05) is 4.90 Å². The normalized spacial score (nSPS) is 13.6. The van der Waals surface area contributed by atoms with Crippen LogP contribution in [-0.4, -0.2) is 51.6 Å². The lowest BCUT2D eigenvalue weighted by molar-refractivity contribution is 0.0821. The Morgan fingerprint density at radius 1 is 1.32 bits per heavy atom. The zero-order valence-corrected chi connectivity index (χ0v) is 12.4. The molecule has 0 spiro atoms. The topological polar surface area (TPSA) is 95.1 Å². The number of rotatable bonds is 2. The van der Waals surface area contributed by atoms with Crippen LogP contribution >= 0.6 is 0 Å². The number of aromatic nitrogens is 4. The van der Waals surface area contributed by atoms with Crippen LogP contribution in [0.25, 0.3) is 0 Å². The summed E-state index contributed by atoms with van der Waals surface area (Å²) >= 11 is 0. The zero-order valence-electron chi connectivity index (χ0n) is 12.4. The number of carbonyl (C=O) groups is 1. The number of nitrogens with one attached hydrogen (secondary N) is 1. The highest BCUT2D eigenvalue weighted by Crippen LogP contribution is 2.19. The summed E-state index contributed by atoms with van der Waals surface area (Å²) in [6.45, 7) is 1.17. The van der Waals surface area contributed by atoms with E-state index in [0.717, 1.165) is 11.3 Å². The summed E-state index contributed by atoms with van der Waals surface area (Å²) in [4.78, 5) is 33.8. The first kappa shape index (κ1) is 14.2. The minimum Gasteiger partial charge on any atom is -0.349 e. The van der Waals surface area contributed by atoms with Crippen molar-refractivity contribution in [2.45, 2.75) is 13.0 Å². The fourth-order valence-electron chi connectivity index (χ4n) is 2.40. The highest BCUT2D eigenvalue weighted by Gasteiger charge is 2.21. The minimum atomic E-state index is -0.184. The highest BCUT2D eigenvalue weighted by atomic mass is 16.2. The molecule has 0 radical (unpaired) electrons. The van der Waals surface area contributed by atoms with E-state index in [9.17, 15) is 9.59 Å². The Morgan fingerprint density at radius 3 is 2.82 bits per heavy atom. The number of nitrogens with zero attached hydrogens (tertiary/aromatic N) is 5. The van der Waals surface area contributed by atoms with Crippen LogP contribution in [0.15, 0.2) is 23.3 Å². The number of carbonyl (C=O) groups excluding carboxylic acids is 1. The Morgan fingerprint density at radius 2 is 2.14 bits per heavy atom. The van der Waals surface area contributed by atoms with Crippen molar-refractivity contribution in [3.8, 4) is 0 Å². The number of anilines is 1. The Labute approximate surface area is 126 Å².